The Morgan fingerprint density at radius 2 is 1.65 bits per heavy atom. The van der Waals surface area contributed by atoms with Crippen molar-refractivity contribution in [3.05, 3.63) is 95.0 Å². The molecule has 1 saturated heterocycles. The number of rotatable bonds is 25. The summed E-state index contributed by atoms with van der Waals surface area (Å²) in [6.45, 7) is 8.54. The molecule has 3 aromatic heterocycles. The molecule has 0 bridgehead atoms. The van der Waals surface area contributed by atoms with Gasteiger partial charge in [-0.05, 0) is 72.4 Å². The highest BCUT2D eigenvalue weighted by molar-refractivity contribution is 7.13. The summed E-state index contributed by atoms with van der Waals surface area (Å²) in [5, 5.41) is 25.6. The number of nitrogens with zero attached hydrogens (tertiary/aromatic N) is 6. The summed E-state index contributed by atoms with van der Waals surface area (Å²) in [5.41, 5.74) is 5.90. The molecule has 6 amide bonds. The lowest BCUT2D eigenvalue weighted by atomic mass is 9.85. The molecule has 3 atom stereocenters. The first-order valence-corrected chi connectivity index (χ1v) is 27.7. The van der Waals surface area contributed by atoms with E-state index in [0.717, 1.165) is 21.7 Å². The number of β-amino-alcohol motifs (C(OH)–C–C–N with tert-alkyl or cyclic N) is 1. The summed E-state index contributed by atoms with van der Waals surface area (Å²) in [4.78, 5) is 102. The van der Waals surface area contributed by atoms with Gasteiger partial charge in [0, 0.05) is 57.6 Å². The molecule has 82 heavy (non-hydrogen) atoms. The smallest absolute Gasteiger partial charge is 0.256 e. The van der Waals surface area contributed by atoms with E-state index in [2.05, 4.69) is 46.5 Å². The van der Waals surface area contributed by atoms with Crippen LogP contribution < -0.4 is 36.2 Å². The van der Waals surface area contributed by atoms with Gasteiger partial charge in [0.25, 0.3) is 5.91 Å². The number of hydrogen-bond donors (Lipinski definition) is 7. The number of carbonyl (C=O) groups excluding carboxylic acids is 6. The Balaban J connectivity index is 0.725. The number of halogens is 1. The zero-order valence-corrected chi connectivity index (χ0v) is 47.7. The summed E-state index contributed by atoms with van der Waals surface area (Å²) in [7, 11) is 4.49. The number of aromatic amines is 1. The van der Waals surface area contributed by atoms with Crippen LogP contribution in [0.25, 0.3) is 21.5 Å². The molecule has 0 unspecified atom stereocenters. The molecule has 5 heterocycles. The number of aliphatic hydroxyl groups excluding tert-OH is 1. The molecule has 7 N–H and O–H groups in total. The fourth-order valence-corrected chi connectivity index (χ4v) is 10.4. The standard InChI is InChI=1S/C57H69FN12O11S/c1-33-49(82-32-61-33)34-11-13-36(14-12-34)62-53(75)43-28-37(71)30-70(43)55(77)50(57(2,3)4)65-45(72)17-21-79-23-25-81-26-24-80-22-18-46(73)68(6)31-47(74)69-20-16-35-27-44(78-7)41(29-42(35)69)64-56-66-51-38(15-19-60-51)52(67-56)63-40-10-8-9-39(58)48(40)54(76)59-5/h8-15,19,27,29,32,37,43,50,71H,16-18,20-26,28,30-31H2,1-7H3,(H,59,76)(H,62,75)(H,65,72)(H3,60,63,64,66,67)/t37-,43+,50-/m1/s1. The van der Waals surface area contributed by atoms with Gasteiger partial charge in [0.2, 0.25) is 35.5 Å². The van der Waals surface area contributed by atoms with Crippen molar-refractivity contribution in [3.63, 3.8) is 0 Å². The predicted molar refractivity (Wildman–Crippen MR) is 307 cm³/mol. The number of H-pyrrole nitrogens is 1. The normalized spacial score (nSPS) is 15.2. The SMILES string of the molecule is CNC(=O)c1c(F)cccc1Nc1nc(Nc2cc3c(cc2OC)CCN3C(=O)CN(C)C(=O)CCOCCOCCOCCC(=O)N[C@H](C(=O)N2C[C@H](O)C[C@H]2C(=O)Nc2ccc(-c3scnc3C)cc2)C(C)(C)C)nc2[nH]ccc12. The molecule has 0 saturated carbocycles. The second kappa shape index (κ2) is 27.1. The van der Waals surface area contributed by atoms with E-state index in [1.54, 1.807) is 54.0 Å². The van der Waals surface area contributed by atoms with Gasteiger partial charge in [-0.3, -0.25) is 28.8 Å². The third-order valence-electron chi connectivity index (χ3n) is 13.9. The van der Waals surface area contributed by atoms with Crippen LogP contribution in [0.1, 0.15) is 61.6 Å². The number of likely N-dealkylation sites (tertiary alicyclic amines) is 1. The van der Waals surface area contributed by atoms with Gasteiger partial charge in [0.15, 0.2) is 0 Å². The number of methoxy groups -OCH3 is 1. The van der Waals surface area contributed by atoms with E-state index >= 15 is 0 Å². The van der Waals surface area contributed by atoms with Crippen molar-refractivity contribution in [1.29, 1.82) is 0 Å². The molecule has 1 fully saturated rings. The highest BCUT2D eigenvalue weighted by Gasteiger charge is 2.44. The lowest BCUT2D eigenvalue weighted by Crippen LogP contribution is -2.57. The summed E-state index contributed by atoms with van der Waals surface area (Å²) < 4.78 is 37.4. The zero-order chi connectivity index (χ0) is 58.7. The number of carbonyl (C=O) groups is 6. The topological polar surface area (TPSA) is 284 Å². The number of likely N-dealkylation sites (N-methyl/N-ethyl adjacent to an activating group) is 1. The van der Waals surface area contributed by atoms with Gasteiger partial charge in [-0.25, -0.2) is 9.37 Å². The van der Waals surface area contributed by atoms with Crippen LogP contribution >= 0.6 is 11.3 Å². The second-order valence-corrected chi connectivity index (χ2v) is 21.6. The van der Waals surface area contributed by atoms with Crippen LogP contribution in [0.2, 0.25) is 0 Å². The highest BCUT2D eigenvalue weighted by atomic mass is 32.1. The number of fused-ring (bicyclic) bond motifs is 2. The molecule has 0 radical (unpaired) electrons. The Bertz CT molecular complexity index is 3280. The third-order valence-corrected chi connectivity index (χ3v) is 14.9. The maximum absolute atomic E-state index is 14.8. The minimum absolute atomic E-state index is 0.0332. The fourth-order valence-electron chi connectivity index (χ4n) is 9.56. The van der Waals surface area contributed by atoms with Crippen molar-refractivity contribution in [1.82, 2.24) is 40.4 Å². The molecule has 8 rings (SSSR count). The summed E-state index contributed by atoms with van der Waals surface area (Å²) in [6, 6.07) is 15.0. The first-order chi connectivity index (χ1) is 39.3. The van der Waals surface area contributed by atoms with Crippen molar-refractivity contribution < 1.29 is 57.2 Å². The summed E-state index contributed by atoms with van der Waals surface area (Å²) in [6.07, 6.45) is 1.38. The number of amides is 6. The van der Waals surface area contributed by atoms with E-state index in [1.807, 2.05) is 45.9 Å². The quantitative estimate of drug-likeness (QED) is 0.0339. The molecule has 436 valence electrons. The van der Waals surface area contributed by atoms with Gasteiger partial charge in [0.1, 0.15) is 35.1 Å². The maximum Gasteiger partial charge on any atom is 0.256 e. The highest BCUT2D eigenvalue weighted by Crippen LogP contribution is 2.39. The monoisotopic (exact) mass is 1150 g/mol. The fraction of sp³-hybridized carbons (Fsp3) is 0.421. The Labute approximate surface area is 477 Å². The van der Waals surface area contributed by atoms with Crippen LogP contribution in [0, 0.1) is 18.2 Å². The van der Waals surface area contributed by atoms with E-state index in [1.165, 1.54) is 47.4 Å². The number of hydrogen-bond acceptors (Lipinski definition) is 17. The van der Waals surface area contributed by atoms with Crippen LogP contribution in [0.4, 0.5) is 38.9 Å². The molecule has 0 aliphatic carbocycles. The van der Waals surface area contributed by atoms with Gasteiger partial charge in [-0.15, -0.1) is 11.3 Å². The molecular formula is C57H69FN12O11S. The third kappa shape index (κ3) is 14.7. The van der Waals surface area contributed by atoms with Crippen LogP contribution in [0.3, 0.4) is 0 Å². The lowest BCUT2D eigenvalue weighted by molar-refractivity contribution is -0.143. The van der Waals surface area contributed by atoms with E-state index in [9.17, 15) is 38.3 Å². The molecule has 2 aliphatic heterocycles. The van der Waals surface area contributed by atoms with Crippen molar-refractivity contribution in [2.45, 2.75) is 71.6 Å². The van der Waals surface area contributed by atoms with Gasteiger partial charge in [-0.2, -0.15) is 9.97 Å². The van der Waals surface area contributed by atoms with Crippen LogP contribution in [0.5, 0.6) is 5.75 Å². The van der Waals surface area contributed by atoms with Crippen molar-refractivity contribution in [3.8, 4) is 16.2 Å². The number of benzene rings is 3. The number of anilines is 6. The Morgan fingerprint density at radius 3 is 2.33 bits per heavy atom. The molecule has 23 nitrogen and oxygen atoms in total. The van der Waals surface area contributed by atoms with Gasteiger partial charge < -0.3 is 70.3 Å². The number of aryl methyl sites for hydroxylation is 1. The van der Waals surface area contributed by atoms with Crippen LogP contribution in [-0.4, -0.2) is 169 Å². The van der Waals surface area contributed by atoms with Crippen LogP contribution in [-0.2, 0) is 44.6 Å². The Hall–Kier alpha value is -8.10. The molecular weight excluding hydrogens is 1080 g/mol. The minimum Gasteiger partial charge on any atom is -0.495 e. The number of thiazole rings is 1. The van der Waals surface area contributed by atoms with E-state index < -0.39 is 53.0 Å². The second-order valence-electron chi connectivity index (χ2n) is 20.8. The Morgan fingerprint density at radius 1 is 0.927 bits per heavy atom. The molecule has 25 heteroatoms. The first kappa shape index (κ1) is 60.0. The van der Waals surface area contributed by atoms with E-state index in [-0.39, 0.29) is 101 Å². The predicted octanol–water partition coefficient (Wildman–Crippen LogP) is 5.69. The van der Waals surface area contributed by atoms with Crippen molar-refractivity contribution in [2.24, 2.45) is 5.41 Å². The number of ether oxygens (including phenoxy) is 4. The van der Waals surface area contributed by atoms with E-state index in [4.69, 9.17) is 18.9 Å². The number of nitrogens with one attached hydrogen (secondary N) is 6. The van der Waals surface area contributed by atoms with Crippen molar-refractivity contribution in [2.75, 3.05) is 101 Å². The summed E-state index contributed by atoms with van der Waals surface area (Å²) in [5.74, 6) is -2.32. The van der Waals surface area contributed by atoms with Gasteiger partial charge >= 0.3 is 0 Å². The van der Waals surface area contributed by atoms with Crippen LogP contribution in [0.15, 0.2) is 72.4 Å². The van der Waals surface area contributed by atoms with Gasteiger partial charge in [-0.1, -0.05) is 39.0 Å². The maximum atomic E-state index is 14.8. The first-order valence-electron chi connectivity index (χ1n) is 26.8. The Kier molecular flexibility index (Phi) is 19.8. The minimum atomic E-state index is -0.984. The lowest BCUT2D eigenvalue weighted by Gasteiger charge is -2.35. The molecule has 6 aromatic rings. The van der Waals surface area contributed by atoms with Crippen molar-refractivity contribution >= 4 is 92.3 Å². The average molecular weight is 1150 g/mol. The molecule has 0 spiro atoms. The zero-order valence-electron chi connectivity index (χ0n) is 46.9. The number of aliphatic hydroxyl groups is 1. The molecule has 2 aliphatic rings. The van der Waals surface area contributed by atoms with E-state index in [0.29, 0.717) is 52.6 Å². The summed E-state index contributed by atoms with van der Waals surface area (Å²) >= 11 is 1.53. The van der Waals surface area contributed by atoms with Gasteiger partial charge in [0.05, 0.1) is 104 Å². The molecule has 3 aromatic carbocycles. The largest absolute Gasteiger partial charge is 0.495 e. The number of aromatic nitrogens is 4. The average Bonchev–Trinajstić information content (AvgIpc) is 4.46.